The van der Waals surface area contributed by atoms with Gasteiger partial charge in [0.1, 0.15) is 12.0 Å². The molecule has 0 saturated heterocycles. The van der Waals surface area contributed by atoms with E-state index in [1.54, 1.807) is 44.2 Å². The first-order chi connectivity index (χ1) is 20.9. The van der Waals surface area contributed by atoms with Crippen LogP contribution >= 0.6 is 11.6 Å². The molecule has 2 aromatic carbocycles. The molecule has 4 aliphatic rings. The second-order valence-corrected chi connectivity index (χ2v) is 15.9. The number of halogens is 1. The zero-order valence-corrected chi connectivity index (χ0v) is 26.9. The van der Waals surface area contributed by atoms with Gasteiger partial charge >= 0.3 is 0 Å². The Morgan fingerprint density at radius 3 is 2.75 bits per heavy atom. The zero-order chi connectivity index (χ0) is 31.3. The number of carbonyl (C=O) groups excluding carboxylic acids is 2. The van der Waals surface area contributed by atoms with Crippen LogP contribution in [-0.2, 0) is 26.7 Å². The highest BCUT2D eigenvalue weighted by Gasteiger charge is 2.48. The van der Waals surface area contributed by atoms with E-state index in [0.29, 0.717) is 36.9 Å². The van der Waals surface area contributed by atoms with Gasteiger partial charge in [-0.2, -0.15) is 0 Å². The first kappa shape index (κ1) is 31.1. The molecule has 6 atom stereocenters. The van der Waals surface area contributed by atoms with Gasteiger partial charge in [0.2, 0.25) is 10.0 Å². The van der Waals surface area contributed by atoms with E-state index in [4.69, 9.17) is 16.3 Å². The van der Waals surface area contributed by atoms with Crippen molar-refractivity contribution in [3.63, 3.8) is 0 Å². The van der Waals surface area contributed by atoms with Gasteiger partial charge in [-0.15, -0.1) is 0 Å². The van der Waals surface area contributed by atoms with Gasteiger partial charge < -0.3 is 19.5 Å². The van der Waals surface area contributed by atoms with E-state index < -0.39 is 26.8 Å². The van der Waals surface area contributed by atoms with Crippen molar-refractivity contribution < 1.29 is 27.9 Å². The molecule has 2 N–H and O–H groups in total. The number of carbonyl (C=O) groups is 2. The maximum atomic E-state index is 13.4. The van der Waals surface area contributed by atoms with Crippen LogP contribution in [0.4, 0.5) is 5.69 Å². The molecular weight excluding hydrogens is 600 g/mol. The summed E-state index contributed by atoms with van der Waals surface area (Å²) >= 11 is 6.39. The largest absolute Gasteiger partial charge is 0.490 e. The van der Waals surface area contributed by atoms with E-state index in [1.165, 1.54) is 11.1 Å². The summed E-state index contributed by atoms with van der Waals surface area (Å²) in [7, 11) is -3.99. The van der Waals surface area contributed by atoms with Crippen molar-refractivity contribution in [1.29, 1.82) is 0 Å². The molecule has 0 aromatic heterocycles. The highest BCUT2D eigenvalue weighted by atomic mass is 35.5. The highest BCUT2D eigenvalue weighted by molar-refractivity contribution is 7.90. The third kappa shape index (κ3) is 5.67. The van der Waals surface area contributed by atoms with E-state index in [0.717, 1.165) is 44.1 Å². The number of hydrogen-bond acceptors (Lipinski definition) is 7. The molecule has 236 valence electrons. The number of amides is 1. The zero-order valence-electron chi connectivity index (χ0n) is 25.3. The number of allylic oxidation sites excluding steroid dienone is 1. The average molecular weight is 641 g/mol. The van der Waals surface area contributed by atoms with E-state index in [9.17, 15) is 23.1 Å². The molecule has 2 heterocycles. The Kier molecular flexibility index (Phi) is 8.35. The Balaban J connectivity index is 1.45. The van der Waals surface area contributed by atoms with Gasteiger partial charge in [0, 0.05) is 35.5 Å². The fraction of sp³-hybridized carbons (Fsp3) is 0.529. The maximum Gasteiger partial charge on any atom is 0.264 e. The molecule has 1 amide bonds. The first-order valence-electron chi connectivity index (χ1n) is 15.6. The molecule has 0 unspecified atom stereocenters. The van der Waals surface area contributed by atoms with Crippen molar-refractivity contribution in [2.45, 2.75) is 75.1 Å². The molecule has 2 bridgehead atoms. The quantitative estimate of drug-likeness (QED) is 0.343. The molecule has 2 aromatic rings. The van der Waals surface area contributed by atoms with E-state index in [-0.39, 0.29) is 35.2 Å². The minimum atomic E-state index is -3.99. The predicted octanol–water partition coefficient (Wildman–Crippen LogP) is 5.20. The SMILES string of the molecule is C[C@@H]1[C@@H](C)C/C=C/[C@](O)(CC=O)[C@@H]2CC[C@H]2CN2C[C@@]3(CCCc4cc(Cl)ccc43)COc3ccc(cc32)C(=O)NS1(=O)=O. The number of ether oxygens (including phenoxy) is 1. The number of nitrogens with zero attached hydrogens (tertiary/aromatic N) is 1. The van der Waals surface area contributed by atoms with Crippen LogP contribution in [0.5, 0.6) is 5.75 Å². The normalized spacial score (nSPS) is 33.9. The Hall–Kier alpha value is -2.88. The summed E-state index contributed by atoms with van der Waals surface area (Å²) in [4.78, 5) is 27.4. The van der Waals surface area contributed by atoms with Crippen molar-refractivity contribution in [2.75, 3.05) is 24.6 Å². The minimum Gasteiger partial charge on any atom is -0.490 e. The van der Waals surface area contributed by atoms with Crippen LogP contribution in [0.25, 0.3) is 0 Å². The molecule has 8 nitrogen and oxygen atoms in total. The predicted molar refractivity (Wildman–Crippen MR) is 171 cm³/mol. The van der Waals surface area contributed by atoms with E-state index >= 15 is 0 Å². The maximum absolute atomic E-state index is 13.4. The summed E-state index contributed by atoms with van der Waals surface area (Å²) in [6.07, 6.45) is 9.15. The number of anilines is 1. The van der Waals surface area contributed by atoms with Gasteiger partial charge in [-0.05, 0) is 105 Å². The van der Waals surface area contributed by atoms with E-state index in [1.807, 2.05) is 12.1 Å². The number of hydrogen-bond donors (Lipinski definition) is 2. The monoisotopic (exact) mass is 640 g/mol. The Labute approximate surface area is 264 Å². The lowest BCUT2D eigenvalue weighted by Gasteiger charge is -2.49. The molecular formula is C34H41ClN2O6S. The molecule has 2 aliphatic heterocycles. The second-order valence-electron chi connectivity index (χ2n) is 13.4. The topological polar surface area (TPSA) is 113 Å². The van der Waals surface area contributed by atoms with Crippen molar-refractivity contribution >= 4 is 39.5 Å². The van der Waals surface area contributed by atoms with Crippen LogP contribution in [0.2, 0.25) is 5.02 Å². The summed E-state index contributed by atoms with van der Waals surface area (Å²) in [6, 6.07) is 11.2. The van der Waals surface area contributed by atoms with Crippen LogP contribution in [0, 0.1) is 17.8 Å². The number of aryl methyl sites for hydroxylation is 1. The number of sulfonamides is 1. The molecule has 0 radical (unpaired) electrons. The molecule has 44 heavy (non-hydrogen) atoms. The van der Waals surface area contributed by atoms with Crippen LogP contribution < -0.4 is 14.4 Å². The smallest absolute Gasteiger partial charge is 0.264 e. The Morgan fingerprint density at radius 1 is 1.18 bits per heavy atom. The molecule has 2 aliphatic carbocycles. The van der Waals surface area contributed by atoms with Crippen LogP contribution in [0.3, 0.4) is 0 Å². The molecule has 1 saturated carbocycles. The molecule has 10 heteroatoms. The second kappa shape index (κ2) is 11.8. The van der Waals surface area contributed by atoms with Crippen molar-refractivity contribution in [3.8, 4) is 5.75 Å². The van der Waals surface area contributed by atoms with Gasteiger partial charge in [0.15, 0.2) is 0 Å². The lowest BCUT2D eigenvalue weighted by molar-refractivity contribution is -0.115. The summed E-state index contributed by atoms with van der Waals surface area (Å²) in [5.41, 5.74) is 1.74. The third-order valence-electron chi connectivity index (χ3n) is 10.7. The Bertz CT molecular complexity index is 1590. The molecule has 6 rings (SSSR count). The van der Waals surface area contributed by atoms with Gasteiger partial charge in [0.05, 0.1) is 23.1 Å². The average Bonchev–Trinajstić information content (AvgIpc) is 3.11. The Morgan fingerprint density at radius 2 is 2.00 bits per heavy atom. The number of nitrogens with one attached hydrogen (secondary N) is 1. The molecule has 1 spiro atoms. The fourth-order valence-corrected chi connectivity index (χ4v) is 9.21. The summed E-state index contributed by atoms with van der Waals surface area (Å²) < 4.78 is 35.3. The van der Waals surface area contributed by atoms with Crippen LogP contribution in [-0.4, -0.2) is 56.3 Å². The van der Waals surface area contributed by atoms with Gasteiger partial charge in [-0.25, -0.2) is 13.1 Å². The fourth-order valence-electron chi connectivity index (χ4n) is 7.73. The lowest BCUT2D eigenvalue weighted by Crippen LogP contribution is -2.52. The minimum absolute atomic E-state index is 0.0229. The van der Waals surface area contributed by atoms with Crippen molar-refractivity contribution in [1.82, 2.24) is 4.72 Å². The standard InChI is InChI=1S/C34H41ClN2O6S/c1-22-5-3-14-34(40,15-16-38)29-10-7-26(29)19-37-20-33(13-4-6-24-17-27(35)9-11-28(24)33)21-43-31-12-8-25(18-30(31)37)32(39)36-44(41,42)23(22)2/h3,8-9,11-12,14,16-18,22-23,26,29,40H,4-7,10,13,15,19-21H2,1-2H3,(H,36,39)/b14-3+/t22-,23+,26-,29+,33-,34-/m0/s1. The lowest BCUT2D eigenvalue weighted by atomic mass is 9.63. The summed E-state index contributed by atoms with van der Waals surface area (Å²) in [5, 5.41) is 11.7. The van der Waals surface area contributed by atoms with Crippen molar-refractivity contribution in [3.05, 3.63) is 70.3 Å². The molecule has 1 fully saturated rings. The first-order valence-corrected chi connectivity index (χ1v) is 17.6. The van der Waals surface area contributed by atoms with Gasteiger partial charge in [-0.3, -0.25) is 4.79 Å². The number of fused-ring (bicyclic) bond motifs is 4. The van der Waals surface area contributed by atoms with Crippen LogP contribution in [0.1, 0.15) is 73.9 Å². The van der Waals surface area contributed by atoms with Gasteiger partial charge in [0.25, 0.3) is 5.91 Å². The van der Waals surface area contributed by atoms with Gasteiger partial charge in [-0.1, -0.05) is 36.7 Å². The highest BCUT2D eigenvalue weighted by Crippen LogP contribution is 2.48. The number of aldehydes is 1. The summed E-state index contributed by atoms with van der Waals surface area (Å²) in [6.45, 7) is 5.05. The van der Waals surface area contributed by atoms with E-state index in [2.05, 4.69) is 15.7 Å². The number of benzene rings is 2. The third-order valence-corrected chi connectivity index (χ3v) is 12.8. The van der Waals surface area contributed by atoms with Crippen molar-refractivity contribution in [2.24, 2.45) is 17.8 Å². The summed E-state index contributed by atoms with van der Waals surface area (Å²) in [5.74, 6) is -0.413. The number of rotatable bonds is 2. The number of aliphatic hydroxyl groups is 1. The van der Waals surface area contributed by atoms with Crippen LogP contribution in [0.15, 0.2) is 48.6 Å².